The second-order valence-corrected chi connectivity index (χ2v) is 4.14. The van der Waals surface area contributed by atoms with Crippen LogP contribution in [0.25, 0.3) is 0 Å². The predicted octanol–water partition coefficient (Wildman–Crippen LogP) is 3.01. The van der Waals surface area contributed by atoms with Crippen LogP contribution in [-0.4, -0.2) is 17.8 Å². The van der Waals surface area contributed by atoms with Crippen LogP contribution in [0.1, 0.15) is 13.3 Å². The number of hydrogen-bond acceptors (Lipinski definition) is 2. The van der Waals surface area contributed by atoms with Gasteiger partial charge in [-0.05, 0) is 29.1 Å². The fraction of sp³-hybridized carbons (Fsp3) is 0.714. The molecule has 0 aromatic rings. The van der Waals surface area contributed by atoms with Gasteiger partial charge in [-0.15, -0.1) is 11.8 Å². The van der Waals surface area contributed by atoms with E-state index in [4.69, 9.17) is 0 Å². The maximum atomic E-state index is 3.93. The number of thioether (sulfide) groups is 2. The van der Waals surface area contributed by atoms with Gasteiger partial charge in [-0.3, -0.25) is 0 Å². The van der Waals surface area contributed by atoms with Crippen molar-refractivity contribution in [3.63, 3.8) is 0 Å². The zero-order chi connectivity index (χ0) is 7.11. The van der Waals surface area contributed by atoms with E-state index < -0.39 is 0 Å². The molecule has 0 nitrogen and oxygen atoms in total. The standard InChI is InChI=1S/C7H14S2/c1-4-9-7(2)5-6-8-3/h2,4-6H2,1,3H3. The molecule has 0 aliphatic carbocycles. The fourth-order valence-corrected chi connectivity index (χ4v) is 1.73. The van der Waals surface area contributed by atoms with Gasteiger partial charge in [-0.25, -0.2) is 0 Å². The van der Waals surface area contributed by atoms with Crippen molar-refractivity contribution in [1.82, 2.24) is 0 Å². The molecule has 0 atom stereocenters. The van der Waals surface area contributed by atoms with Gasteiger partial charge in [0.05, 0.1) is 0 Å². The number of hydrogen-bond donors (Lipinski definition) is 0. The summed E-state index contributed by atoms with van der Waals surface area (Å²) in [6.07, 6.45) is 3.30. The van der Waals surface area contributed by atoms with Crippen LogP contribution in [0, 0.1) is 0 Å². The van der Waals surface area contributed by atoms with Crippen molar-refractivity contribution >= 4 is 23.5 Å². The average Bonchev–Trinajstić information content (AvgIpc) is 1.85. The quantitative estimate of drug-likeness (QED) is 0.609. The summed E-state index contributed by atoms with van der Waals surface area (Å²) in [6.45, 7) is 6.09. The van der Waals surface area contributed by atoms with E-state index in [0.29, 0.717) is 0 Å². The van der Waals surface area contributed by atoms with Crippen molar-refractivity contribution in [2.24, 2.45) is 0 Å². The van der Waals surface area contributed by atoms with Gasteiger partial charge in [-0.2, -0.15) is 11.8 Å². The van der Waals surface area contributed by atoms with Crippen LogP contribution >= 0.6 is 23.5 Å². The van der Waals surface area contributed by atoms with Gasteiger partial charge in [0.2, 0.25) is 0 Å². The minimum Gasteiger partial charge on any atom is -0.165 e. The van der Waals surface area contributed by atoms with E-state index in [9.17, 15) is 0 Å². The smallest absolute Gasteiger partial charge is 0.00249 e. The molecule has 0 radical (unpaired) electrons. The van der Waals surface area contributed by atoms with Crippen molar-refractivity contribution in [3.05, 3.63) is 11.5 Å². The molecule has 54 valence electrons. The molecule has 0 aliphatic heterocycles. The highest BCUT2D eigenvalue weighted by atomic mass is 32.2. The first kappa shape index (κ1) is 9.44. The van der Waals surface area contributed by atoms with Crippen molar-refractivity contribution in [2.75, 3.05) is 17.8 Å². The molecule has 0 amide bonds. The van der Waals surface area contributed by atoms with E-state index in [2.05, 4.69) is 19.8 Å². The number of allylic oxidation sites excluding steroid dienone is 1. The van der Waals surface area contributed by atoms with E-state index in [1.54, 1.807) is 0 Å². The summed E-state index contributed by atoms with van der Waals surface area (Å²) in [5.41, 5.74) is 0. The summed E-state index contributed by atoms with van der Waals surface area (Å²) >= 11 is 3.75. The predicted molar refractivity (Wildman–Crippen MR) is 50.3 cm³/mol. The van der Waals surface area contributed by atoms with Crippen LogP contribution in [0.15, 0.2) is 11.5 Å². The minimum absolute atomic E-state index is 1.16. The maximum Gasteiger partial charge on any atom is -0.00249 e. The van der Waals surface area contributed by atoms with E-state index in [1.807, 2.05) is 23.5 Å². The topological polar surface area (TPSA) is 0 Å². The Morgan fingerprint density at radius 2 is 2.22 bits per heavy atom. The molecule has 0 fully saturated rings. The Morgan fingerprint density at radius 1 is 1.56 bits per heavy atom. The summed E-state index contributed by atoms with van der Waals surface area (Å²) < 4.78 is 0. The fourth-order valence-electron chi connectivity index (χ4n) is 0.492. The first-order valence-electron chi connectivity index (χ1n) is 3.10. The Bertz CT molecular complexity index is 79.0. The van der Waals surface area contributed by atoms with Crippen molar-refractivity contribution in [2.45, 2.75) is 13.3 Å². The Labute approximate surface area is 66.5 Å². The zero-order valence-corrected chi connectivity index (χ0v) is 7.78. The first-order valence-corrected chi connectivity index (χ1v) is 5.48. The third-order valence-electron chi connectivity index (χ3n) is 0.933. The SMILES string of the molecule is C=C(CCSC)SCC. The van der Waals surface area contributed by atoms with Gasteiger partial charge < -0.3 is 0 Å². The highest BCUT2D eigenvalue weighted by molar-refractivity contribution is 8.03. The average molecular weight is 162 g/mol. The summed E-state index contributed by atoms with van der Waals surface area (Å²) in [7, 11) is 0. The monoisotopic (exact) mass is 162 g/mol. The zero-order valence-electron chi connectivity index (χ0n) is 6.14. The molecule has 0 spiro atoms. The summed E-state index contributed by atoms with van der Waals surface area (Å²) in [6, 6.07) is 0. The molecule has 0 saturated carbocycles. The van der Waals surface area contributed by atoms with E-state index in [0.717, 1.165) is 5.75 Å². The van der Waals surface area contributed by atoms with Gasteiger partial charge in [0.15, 0.2) is 0 Å². The molecule has 0 unspecified atom stereocenters. The normalized spacial score (nSPS) is 9.56. The summed E-state index contributed by atoms with van der Waals surface area (Å²) in [5, 5.41) is 0. The Kier molecular flexibility index (Phi) is 6.88. The van der Waals surface area contributed by atoms with E-state index in [-0.39, 0.29) is 0 Å². The van der Waals surface area contributed by atoms with Crippen molar-refractivity contribution in [1.29, 1.82) is 0 Å². The van der Waals surface area contributed by atoms with Gasteiger partial charge in [0.1, 0.15) is 0 Å². The van der Waals surface area contributed by atoms with Crippen LogP contribution in [0.5, 0.6) is 0 Å². The molecule has 2 heteroatoms. The molecule has 0 aromatic carbocycles. The van der Waals surface area contributed by atoms with Crippen LogP contribution in [-0.2, 0) is 0 Å². The Balaban J connectivity index is 3.06. The summed E-state index contributed by atoms with van der Waals surface area (Å²) in [4.78, 5) is 1.33. The molecule has 0 rings (SSSR count). The lowest BCUT2D eigenvalue weighted by Crippen LogP contribution is -1.79. The second-order valence-electron chi connectivity index (χ2n) is 1.71. The minimum atomic E-state index is 1.16. The van der Waals surface area contributed by atoms with Gasteiger partial charge in [-0.1, -0.05) is 13.5 Å². The molecule has 0 bridgehead atoms. The van der Waals surface area contributed by atoms with E-state index >= 15 is 0 Å². The highest BCUT2D eigenvalue weighted by Crippen LogP contribution is 2.17. The Hall–Kier alpha value is 0.440. The van der Waals surface area contributed by atoms with Gasteiger partial charge >= 0.3 is 0 Å². The Morgan fingerprint density at radius 3 is 2.67 bits per heavy atom. The van der Waals surface area contributed by atoms with Crippen molar-refractivity contribution < 1.29 is 0 Å². The second kappa shape index (κ2) is 6.56. The van der Waals surface area contributed by atoms with Crippen LogP contribution in [0.3, 0.4) is 0 Å². The van der Waals surface area contributed by atoms with Gasteiger partial charge in [0.25, 0.3) is 0 Å². The maximum absolute atomic E-state index is 3.93. The van der Waals surface area contributed by atoms with Crippen LogP contribution in [0.4, 0.5) is 0 Å². The largest absolute Gasteiger partial charge is 0.165 e. The third-order valence-corrected chi connectivity index (χ3v) is 2.45. The van der Waals surface area contributed by atoms with Crippen LogP contribution < -0.4 is 0 Å². The lowest BCUT2D eigenvalue weighted by atomic mass is 10.5. The molecule has 9 heavy (non-hydrogen) atoms. The lowest BCUT2D eigenvalue weighted by molar-refractivity contribution is 1.23. The lowest BCUT2D eigenvalue weighted by Gasteiger charge is -1.99. The molecular weight excluding hydrogens is 148 g/mol. The number of rotatable bonds is 5. The molecule has 0 saturated heterocycles. The molecule has 0 aromatic heterocycles. The summed E-state index contributed by atoms with van der Waals surface area (Å²) in [5.74, 6) is 2.37. The third kappa shape index (κ3) is 6.32. The molecule has 0 heterocycles. The molecular formula is C7H14S2. The molecule has 0 N–H and O–H groups in total. The highest BCUT2D eigenvalue weighted by Gasteiger charge is 1.90. The molecule has 0 aliphatic rings. The first-order chi connectivity index (χ1) is 4.31. The van der Waals surface area contributed by atoms with Crippen LogP contribution in [0.2, 0.25) is 0 Å². The van der Waals surface area contributed by atoms with Crippen molar-refractivity contribution in [3.8, 4) is 0 Å². The van der Waals surface area contributed by atoms with E-state index in [1.165, 1.54) is 17.1 Å². The van der Waals surface area contributed by atoms with Gasteiger partial charge in [0, 0.05) is 0 Å².